The van der Waals surface area contributed by atoms with Gasteiger partial charge in [0.15, 0.2) is 11.6 Å². The molecule has 0 aromatic carbocycles. The zero-order chi connectivity index (χ0) is 20.0. The predicted octanol–water partition coefficient (Wildman–Crippen LogP) is 2.19. The van der Waals surface area contributed by atoms with Crippen molar-refractivity contribution in [2.24, 2.45) is 29.1 Å². The van der Waals surface area contributed by atoms with Gasteiger partial charge in [0.25, 0.3) is 0 Å². The Hall–Kier alpha value is -1.30. The van der Waals surface area contributed by atoms with Crippen LogP contribution in [0.25, 0.3) is 0 Å². The lowest BCUT2D eigenvalue weighted by Crippen LogP contribution is -2.49. The molecule has 7 atom stereocenters. The minimum absolute atomic E-state index is 0.00120. The van der Waals surface area contributed by atoms with E-state index < -0.39 is 29.5 Å². The minimum Gasteiger partial charge on any atom is -0.393 e. The van der Waals surface area contributed by atoms with Crippen LogP contribution in [0.5, 0.6) is 0 Å². The van der Waals surface area contributed by atoms with Gasteiger partial charge in [0.05, 0.1) is 6.10 Å². The molecule has 2 fully saturated rings. The highest BCUT2D eigenvalue weighted by Gasteiger charge is 2.53. The van der Waals surface area contributed by atoms with Gasteiger partial charge in [0.2, 0.25) is 0 Å². The second-order valence-corrected chi connectivity index (χ2v) is 9.18. The monoisotopic (exact) mass is 376 g/mol. The maximum atomic E-state index is 12.1. The number of Topliss-reactive ketones (excluding diaryl/α,β-unsaturated/α-hetero) is 1. The third-order valence-corrected chi connectivity index (χ3v) is 7.50. The smallest absolute Gasteiger partial charge is 0.189 e. The summed E-state index contributed by atoms with van der Waals surface area (Å²) < 4.78 is 0. The van der Waals surface area contributed by atoms with Crippen LogP contribution in [0.1, 0.15) is 52.9 Å². The normalized spacial score (nSPS) is 45.0. The van der Waals surface area contributed by atoms with E-state index in [2.05, 4.69) is 20.8 Å². The molecular weight excluding hydrogens is 344 g/mol. The molecule has 0 spiro atoms. The molecule has 0 aromatic rings. The van der Waals surface area contributed by atoms with Gasteiger partial charge < -0.3 is 15.3 Å². The van der Waals surface area contributed by atoms with E-state index >= 15 is 0 Å². The largest absolute Gasteiger partial charge is 0.393 e. The van der Waals surface area contributed by atoms with Crippen molar-refractivity contribution >= 4 is 11.6 Å². The highest BCUT2D eigenvalue weighted by molar-refractivity contribution is 6.01. The Labute approximate surface area is 161 Å². The molecule has 150 valence electrons. The van der Waals surface area contributed by atoms with Gasteiger partial charge in [-0.05, 0) is 62.0 Å². The van der Waals surface area contributed by atoms with Crippen molar-refractivity contribution < 1.29 is 24.9 Å². The quantitative estimate of drug-likeness (QED) is 0.687. The first kappa shape index (κ1) is 20.4. The van der Waals surface area contributed by atoms with Crippen LogP contribution in [-0.4, -0.2) is 45.2 Å². The van der Waals surface area contributed by atoms with Crippen molar-refractivity contribution in [1.82, 2.24) is 0 Å². The third-order valence-electron chi connectivity index (χ3n) is 7.50. The average Bonchev–Trinajstić information content (AvgIpc) is 2.68. The van der Waals surface area contributed by atoms with Crippen molar-refractivity contribution in [3.63, 3.8) is 0 Å². The van der Waals surface area contributed by atoms with Crippen LogP contribution in [-0.2, 0) is 9.59 Å². The van der Waals surface area contributed by atoms with Gasteiger partial charge in [-0.2, -0.15) is 0 Å². The van der Waals surface area contributed by atoms with E-state index in [9.17, 15) is 24.9 Å². The molecule has 3 aliphatic carbocycles. The topological polar surface area (TPSA) is 94.8 Å². The number of carbonyl (C=O) groups excluding carboxylic acids is 2. The first-order valence-corrected chi connectivity index (χ1v) is 10.1. The van der Waals surface area contributed by atoms with E-state index in [1.807, 2.05) is 6.08 Å². The van der Waals surface area contributed by atoms with Crippen LogP contribution in [0.4, 0.5) is 0 Å². The molecule has 2 saturated carbocycles. The van der Waals surface area contributed by atoms with E-state index in [0.29, 0.717) is 19.3 Å². The zero-order valence-corrected chi connectivity index (χ0v) is 16.5. The average molecular weight is 376 g/mol. The lowest BCUT2D eigenvalue weighted by Gasteiger charge is -2.53. The lowest BCUT2D eigenvalue weighted by atomic mass is 9.52. The molecule has 0 amide bonds. The molecule has 3 N–H and O–H groups in total. The second kappa shape index (κ2) is 7.26. The van der Waals surface area contributed by atoms with E-state index in [0.717, 1.165) is 12.0 Å². The van der Waals surface area contributed by atoms with Crippen LogP contribution >= 0.6 is 0 Å². The van der Waals surface area contributed by atoms with E-state index in [1.165, 1.54) is 0 Å². The SMILES string of the molecule is C[C@H]1C[C@@H]2[C@H]([C@@H](O)CC[C@@](O)(C(=O)CO)CC[C@@H]2C)[C@@]2(C)C=CC(=O)C=C12. The molecule has 0 heterocycles. The number of allylic oxidation sites excluding steroid dienone is 4. The summed E-state index contributed by atoms with van der Waals surface area (Å²) in [6, 6.07) is 0. The number of aliphatic hydroxyl groups excluding tert-OH is 2. The Kier molecular flexibility index (Phi) is 5.50. The summed E-state index contributed by atoms with van der Waals surface area (Å²) in [5.41, 5.74) is -0.877. The molecular formula is C22H32O5. The highest BCUT2D eigenvalue weighted by Crippen LogP contribution is 2.57. The molecule has 3 rings (SSSR count). The van der Waals surface area contributed by atoms with E-state index in [-0.39, 0.29) is 35.9 Å². The molecule has 0 aromatic heterocycles. The summed E-state index contributed by atoms with van der Waals surface area (Å²) >= 11 is 0. The Morgan fingerprint density at radius 3 is 2.59 bits per heavy atom. The van der Waals surface area contributed by atoms with E-state index in [1.54, 1.807) is 12.2 Å². The lowest BCUT2D eigenvalue weighted by molar-refractivity contribution is -0.142. The van der Waals surface area contributed by atoms with Crippen LogP contribution in [0.15, 0.2) is 23.8 Å². The Morgan fingerprint density at radius 1 is 1.26 bits per heavy atom. The number of carbonyl (C=O) groups is 2. The van der Waals surface area contributed by atoms with Crippen LogP contribution in [0, 0.1) is 29.1 Å². The molecule has 0 aliphatic heterocycles. The summed E-state index contributed by atoms with van der Waals surface area (Å²) in [5.74, 6) is 0.0787. The third kappa shape index (κ3) is 3.45. The first-order chi connectivity index (χ1) is 12.6. The summed E-state index contributed by atoms with van der Waals surface area (Å²) in [5, 5.41) is 31.3. The summed E-state index contributed by atoms with van der Waals surface area (Å²) in [7, 11) is 0. The van der Waals surface area contributed by atoms with Crippen molar-refractivity contribution in [3.8, 4) is 0 Å². The Morgan fingerprint density at radius 2 is 1.93 bits per heavy atom. The van der Waals surface area contributed by atoms with Gasteiger partial charge in [-0.3, -0.25) is 9.59 Å². The van der Waals surface area contributed by atoms with Gasteiger partial charge in [0, 0.05) is 11.3 Å². The second-order valence-electron chi connectivity index (χ2n) is 9.18. The van der Waals surface area contributed by atoms with Gasteiger partial charge in [0.1, 0.15) is 12.2 Å². The van der Waals surface area contributed by atoms with E-state index in [4.69, 9.17) is 0 Å². The fourth-order valence-electron chi connectivity index (χ4n) is 5.88. The minimum atomic E-state index is -1.57. The molecule has 0 unspecified atom stereocenters. The van der Waals surface area contributed by atoms with Gasteiger partial charge in [-0.25, -0.2) is 0 Å². The van der Waals surface area contributed by atoms with Crippen molar-refractivity contribution in [2.75, 3.05) is 6.61 Å². The molecule has 5 heteroatoms. The molecule has 0 radical (unpaired) electrons. The summed E-state index contributed by atoms with van der Waals surface area (Å²) in [6.07, 6.45) is 6.92. The molecule has 0 bridgehead atoms. The maximum Gasteiger partial charge on any atom is 0.189 e. The number of fused-ring (bicyclic) bond motifs is 3. The number of ketones is 2. The van der Waals surface area contributed by atoms with Gasteiger partial charge in [-0.15, -0.1) is 0 Å². The summed E-state index contributed by atoms with van der Waals surface area (Å²) in [6.45, 7) is 5.69. The highest BCUT2D eigenvalue weighted by atomic mass is 16.3. The molecule has 5 nitrogen and oxygen atoms in total. The Balaban J connectivity index is 1.99. The van der Waals surface area contributed by atoms with Gasteiger partial charge >= 0.3 is 0 Å². The zero-order valence-electron chi connectivity index (χ0n) is 16.5. The molecule has 3 aliphatic rings. The number of aliphatic hydroxyl groups is 3. The van der Waals surface area contributed by atoms with Crippen molar-refractivity contribution in [1.29, 1.82) is 0 Å². The maximum absolute atomic E-state index is 12.1. The molecule has 0 saturated heterocycles. The number of hydrogen-bond donors (Lipinski definition) is 3. The first-order valence-electron chi connectivity index (χ1n) is 10.1. The van der Waals surface area contributed by atoms with Crippen LogP contribution in [0.2, 0.25) is 0 Å². The Bertz CT molecular complexity index is 680. The number of hydrogen-bond acceptors (Lipinski definition) is 5. The van der Waals surface area contributed by atoms with Gasteiger partial charge in [-0.1, -0.05) is 32.4 Å². The predicted molar refractivity (Wildman–Crippen MR) is 102 cm³/mol. The van der Waals surface area contributed by atoms with Crippen molar-refractivity contribution in [3.05, 3.63) is 23.8 Å². The van der Waals surface area contributed by atoms with Crippen molar-refractivity contribution in [2.45, 2.75) is 64.6 Å². The fraction of sp³-hybridized carbons (Fsp3) is 0.727. The molecule has 27 heavy (non-hydrogen) atoms. The summed E-state index contributed by atoms with van der Waals surface area (Å²) in [4.78, 5) is 24.1. The fourth-order valence-corrected chi connectivity index (χ4v) is 5.88. The van der Waals surface area contributed by atoms with Crippen LogP contribution in [0.3, 0.4) is 0 Å². The van der Waals surface area contributed by atoms with Crippen LogP contribution < -0.4 is 0 Å². The standard InChI is InChI=1S/C22H32O5/c1-13-4-8-22(27,19(26)12-23)9-6-18(25)20-16(13)10-14(2)17-11-15(24)5-7-21(17,20)3/h5,7,11,13-14,16,18,20,23,25,27H,4,6,8-10,12H2,1-3H3/t13-,14-,16-,18-,20+,21-,22+/m0/s1. The number of rotatable bonds is 2.